The second-order valence-electron chi connectivity index (χ2n) is 12.7. The van der Waals surface area contributed by atoms with Gasteiger partial charge in [0.15, 0.2) is 0 Å². The van der Waals surface area contributed by atoms with Gasteiger partial charge in [-0.25, -0.2) is 0 Å². The Kier molecular flexibility index (Phi) is 10.4. The van der Waals surface area contributed by atoms with Gasteiger partial charge >= 0.3 is 0 Å². The molecule has 0 spiro atoms. The van der Waals surface area contributed by atoms with E-state index in [9.17, 15) is 0 Å². The van der Waals surface area contributed by atoms with Gasteiger partial charge in [0.05, 0.1) is 16.5 Å². The van der Waals surface area contributed by atoms with Gasteiger partial charge in [-0.15, -0.1) is 0 Å². The fourth-order valence-corrected chi connectivity index (χ4v) is 7.47. The van der Waals surface area contributed by atoms with Crippen molar-refractivity contribution in [1.29, 1.82) is 0 Å². The Balaban J connectivity index is 1.63. The lowest BCUT2D eigenvalue weighted by Crippen LogP contribution is -2.29. The number of hydrogen-bond acceptors (Lipinski definition) is 4. The monoisotopic (exact) mass is 694 g/mol. The van der Waals surface area contributed by atoms with E-state index in [1.807, 2.05) is 36.4 Å². The molecule has 7 rings (SSSR count). The molecule has 1 aliphatic carbocycles. The first-order chi connectivity index (χ1) is 26.1. The lowest BCUT2D eigenvalue weighted by molar-refractivity contribution is 0.345. The average molecular weight is 695 g/mol. The highest BCUT2D eigenvalue weighted by molar-refractivity contribution is 5.89. The summed E-state index contributed by atoms with van der Waals surface area (Å²) in [7, 11) is 0. The van der Waals surface area contributed by atoms with E-state index in [0.29, 0.717) is 49.4 Å². The van der Waals surface area contributed by atoms with E-state index in [0.717, 1.165) is 55.6 Å². The van der Waals surface area contributed by atoms with E-state index in [4.69, 9.17) is 18.9 Å². The molecule has 0 fully saturated rings. The molecule has 0 amide bonds. The Morgan fingerprint density at radius 2 is 0.698 bits per heavy atom. The number of fused-ring (bicyclic) bond motifs is 3. The van der Waals surface area contributed by atoms with Crippen LogP contribution in [0.4, 0.5) is 0 Å². The van der Waals surface area contributed by atoms with Gasteiger partial charge in [-0.2, -0.15) is 0 Å². The Bertz CT molecular complexity index is 2040. The summed E-state index contributed by atoms with van der Waals surface area (Å²) in [5, 5.41) is 0. The predicted octanol–water partition coefficient (Wildman–Crippen LogP) is 11.6. The van der Waals surface area contributed by atoms with Crippen molar-refractivity contribution in [3.8, 4) is 56.4 Å². The summed E-state index contributed by atoms with van der Waals surface area (Å²) in [4.78, 5) is 0. The number of ether oxygens (including phenoxy) is 4. The van der Waals surface area contributed by atoms with Gasteiger partial charge in [0.1, 0.15) is 49.4 Å². The second-order valence-corrected chi connectivity index (χ2v) is 12.7. The van der Waals surface area contributed by atoms with Crippen LogP contribution in [0.25, 0.3) is 33.4 Å². The fraction of sp³-hybridized carbons (Fsp3) is 0.102. The first-order valence-corrected chi connectivity index (χ1v) is 17.8. The lowest BCUT2D eigenvalue weighted by Gasteiger charge is -2.36. The number of benzene rings is 6. The molecule has 0 atom stereocenters. The summed E-state index contributed by atoms with van der Waals surface area (Å²) >= 11 is 0. The summed E-state index contributed by atoms with van der Waals surface area (Å²) in [6.07, 6.45) is 7.04. The maximum absolute atomic E-state index is 6.55. The van der Waals surface area contributed by atoms with Crippen molar-refractivity contribution >= 4 is 0 Å². The summed E-state index contributed by atoms with van der Waals surface area (Å²) < 4.78 is 26.2. The van der Waals surface area contributed by atoms with Crippen LogP contribution in [0.2, 0.25) is 0 Å². The molecule has 0 aromatic heterocycles. The molecule has 6 aromatic carbocycles. The molecule has 0 unspecified atom stereocenters. The molecule has 0 saturated heterocycles. The van der Waals surface area contributed by atoms with Crippen molar-refractivity contribution in [3.05, 3.63) is 206 Å². The van der Waals surface area contributed by atoms with Crippen molar-refractivity contribution in [3.63, 3.8) is 0 Å². The standard InChI is InChI=1S/C49H42O4/c1-5-27-50-43-31-37(32-44(51-28-6-2)47(43)35-19-11-9-12-20-35)49(41-25-17-15-23-39(41)40-24-16-18-26-42(40)49)38-33-45(52-29-7-3)48(36-21-13-10-14-22-36)46(34-38)53-30-8-4/h5-26,31-34H,1-4,27-30H2. The van der Waals surface area contributed by atoms with Gasteiger partial charge < -0.3 is 18.9 Å². The first-order valence-electron chi connectivity index (χ1n) is 17.8. The highest BCUT2D eigenvalue weighted by atomic mass is 16.5. The van der Waals surface area contributed by atoms with Gasteiger partial charge in [0.2, 0.25) is 0 Å². The maximum atomic E-state index is 6.55. The third-order valence-corrected chi connectivity index (χ3v) is 9.50. The average Bonchev–Trinajstić information content (AvgIpc) is 3.52. The SMILES string of the molecule is C=CCOc1cc(C2(c3cc(OCC=C)c(-c4ccccc4)c(OCC=C)c3)c3ccccc3-c3ccccc32)cc(OCC=C)c1-c1ccccc1. The minimum absolute atomic E-state index is 0.315. The summed E-state index contributed by atoms with van der Waals surface area (Å²) in [5.74, 6) is 2.73. The molecule has 0 aliphatic heterocycles. The van der Waals surface area contributed by atoms with Crippen molar-refractivity contribution in [2.24, 2.45) is 0 Å². The van der Waals surface area contributed by atoms with Crippen LogP contribution >= 0.6 is 0 Å². The Labute approximate surface area is 312 Å². The third kappa shape index (κ3) is 6.45. The highest BCUT2D eigenvalue weighted by Gasteiger charge is 2.47. The molecule has 0 saturated carbocycles. The molecule has 4 heteroatoms. The van der Waals surface area contributed by atoms with Crippen molar-refractivity contribution in [1.82, 2.24) is 0 Å². The van der Waals surface area contributed by atoms with Gasteiger partial charge in [-0.1, -0.05) is 160 Å². The summed E-state index contributed by atoms with van der Waals surface area (Å²) in [6.45, 7) is 17.1. The van der Waals surface area contributed by atoms with E-state index in [-0.39, 0.29) is 0 Å². The van der Waals surface area contributed by atoms with Crippen LogP contribution in [0, 0.1) is 0 Å². The van der Waals surface area contributed by atoms with Crippen molar-refractivity contribution in [2.45, 2.75) is 5.41 Å². The zero-order valence-electron chi connectivity index (χ0n) is 29.8. The molecule has 53 heavy (non-hydrogen) atoms. The highest BCUT2D eigenvalue weighted by Crippen LogP contribution is 2.59. The van der Waals surface area contributed by atoms with E-state index in [2.05, 4.69) is 123 Å². The van der Waals surface area contributed by atoms with Crippen LogP contribution in [-0.4, -0.2) is 26.4 Å². The minimum atomic E-state index is -0.852. The molecule has 1 aliphatic rings. The van der Waals surface area contributed by atoms with Crippen LogP contribution in [0.15, 0.2) is 184 Å². The van der Waals surface area contributed by atoms with Crippen molar-refractivity contribution in [2.75, 3.05) is 26.4 Å². The van der Waals surface area contributed by atoms with Crippen LogP contribution in [0.5, 0.6) is 23.0 Å². The Hall–Kier alpha value is -6.52. The molecular weight excluding hydrogens is 653 g/mol. The molecule has 6 aromatic rings. The quantitative estimate of drug-likeness (QED) is 0.0944. The minimum Gasteiger partial charge on any atom is -0.489 e. The van der Waals surface area contributed by atoms with Gasteiger partial charge in [-0.3, -0.25) is 0 Å². The second kappa shape index (κ2) is 15.8. The zero-order valence-corrected chi connectivity index (χ0v) is 29.8. The third-order valence-electron chi connectivity index (χ3n) is 9.50. The van der Waals surface area contributed by atoms with Crippen LogP contribution in [-0.2, 0) is 5.41 Å². The molecule has 4 nitrogen and oxygen atoms in total. The van der Waals surface area contributed by atoms with Crippen molar-refractivity contribution < 1.29 is 18.9 Å². The normalized spacial score (nSPS) is 12.2. The maximum Gasteiger partial charge on any atom is 0.131 e. The van der Waals surface area contributed by atoms with E-state index < -0.39 is 5.41 Å². The first kappa shape index (κ1) is 34.9. The molecule has 0 bridgehead atoms. The van der Waals surface area contributed by atoms with Crippen LogP contribution < -0.4 is 18.9 Å². The molecule has 0 heterocycles. The van der Waals surface area contributed by atoms with Crippen LogP contribution in [0.3, 0.4) is 0 Å². The predicted molar refractivity (Wildman–Crippen MR) is 217 cm³/mol. The van der Waals surface area contributed by atoms with Crippen LogP contribution in [0.1, 0.15) is 22.3 Å². The summed E-state index contributed by atoms with van der Waals surface area (Å²) in [6, 6.07) is 46.2. The van der Waals surface area contributed by atoms with Gasteiger partial charge in [-0.05, 0) is 68.8 Å². The van der Waals surface area contributed by atoms with E-state index in [1.54, 1.807) is 24.3 Å². The molecule has 262 valence electrons. The Morgan fingerprint density at radius 3 is 1.02 bits per heavy atom. The molecule has 0 radical (unpaired) electrons. The summed E-state index contributed by atoms with van der Waals surface area (Å²) in [5.41, 5.74) is 9.28. The van der Waals surface area contributed by atoms with Gasteiger partial charge in [0.25, 0.3) is 0 Å². The van der Waals surface area contributed by atoms with E-state index >= 15 is 0 Å². The fourth-order valence-electron chi connectivity index (χ4n) is 7.47. The molecular formula is C49H42O4. The van der Waals surface area contributed by atoms with Gasteiger partial charge in [0, 0.05) is 0 Å². The number of rotatable bonds is 16. The number of hydrogen-bond donors (Lipinski definition) is 0. The smallest absolute Gasteiger partial charge is 0.131 e. The molecule has 0 N–H and O–H groups in total. The largest absolute Gasteiger partial charge is 0.489 e. The van der Waals surface area contributed by atoms with E-state index in [1.165, 1.54) is 0 Å². The zero-order chi connectivity index (χ0) is 36.6. The lowest BCUT2D eigenvalue weighted by atomic mass is 9.67. The Morgan fingerprint density at radius 1 is 0.396 bits per heavy atom. The topological polar surface area (TPSA) is 36.9 Å².